The van der Waals surface area contributed by atoms with Crippen molar-refractivity contribution in [1.29, 1.82) is 0 Å². The number of aryl methyl sites for hydroxylation is 1. The summed E-state index contributed by atoms with van der Waals surface area (Å²) in [6.07, 6.45) is 0. The van der Waals surface area contributed by atoms with Crippen molar-refractivity contribution in [2.75, 3.05) is 44.2 Å². The van der Waals surface area contributed by atoms with Gasteiger partial charge in [-0.15, -0.1) is 0 Å². The minimum absolute atomic E-state index is 0.290. The number of hydrogen-bond acceptors (Lipinski definition) is 3. The molecule has 1 aliphatic heterocycles. The Morgan fingerprint density at radius 2 is 1.94 bits per heavy atom. The number of anilines is 1. The average molecular weight is 248 g/mol. The van der Waals surface area contributed by atoms with Gasteiger partial charge in [0.15, 0.2) is 0 Å². The number of aliphatic hydroxyl groups is 1. The highest BCUT2D eigenvalue weighted by Gasteiger charge is 2.18. The SMILES string of the molecule is Cc1cccc(N2CCN(CC(C)CO)CC2)c1. The van der Waals surface area contributed by atoms with Crippen LogP contribution in [-0.2, 0) is 0 Å². The molecule has 0 bridgehead atoms. The zero-order valence-electron chi connectivity index (χ0n) is 11.5. The van der Waals surface area contributed by atoms with Gasteiger partial charge in [-0.3, -0.25) is 4.90 Å². The van der Waals surface area contributed by atoms with E-state index in [-0.39, 0.29) is 6.61 Å². The van der Waals surface area contributed by atoms with Crippen molar-refractivity contribution in [3.8, 4) is 0 Å². The number of benzene rings is 1. The number of nitrogens with zero attached hydrogens (tertiary/aromatic N) is 2. The molecule has 1 unspecified atom stereocenters. The molecule has 18 heavy (non-hydrogen) atoms. The predicted molar refractivity (Wildman–Crippen MR) is 76.1 cm³/mol. The van der Waals surface area contributed by atoms with Crippen molar-refractivity contribution in [3.05, 3.63) is 29.8 Å². The Bertz CT molecular complexity index is 373. The standard InChI is InChI=1S/C15H24N2O/c1-13-4-3-5-15(10-13)17-8-6-16(7-9-17)11-14(2)12-18/h3-5,10,14,18H,6-9,11-12H2,1-2H3. The molecule has 1 heterocycles. The quantitative estimate of drug-likeness (QED) is 0.879. The summed E-state index contributed by atoms with van der Waals surface area (Å²) < 4.78 is 0. The molecule has 0 amide bonds. The number of hydrogen-bond donors (Lipinski definition) is 1. The zero-order valence-corrected chi connectivity index (χ0v) is 11.5. The van der Waals surface area contributed by atoms with E-state index in [0.29, 0.717) is 5.92 Å². The van der Waals surface area contributed by atoms with Crippen LogP contribution in [0.3, 0.4) is 0 Å². The molecule has 1 aromatic carbocycles. The molecule has 0 radical (unpaired) electrons. The minimum atomic E-state index is 0.290. The molecule has 1 aliphatic rings. The van der Waals surface area contributed by atoms with Crippen molar-refractivity contribution in [2.45, 2.75) is 13.8 Å². The Labute approximate surface area is 110 Å². The Hall–Kier alpha value is -1.06. The van der Waals surface area contributed by atoms with Crippen LogP contribution in [0.15, 0.2) is 24.3 Å². The fourth-order valence-corrected chi connectivity index (χ4v) is 2.51. The van der Waals surface area contributed by atoms with Gasteiger partial charge in [0.1, 0.15) is 0 Å². The monoisotopic (exact) mass is 248 g/mol. The highest BCUT2D eigenvalue weighted by atomic mass is 16.3. The van der Waals surface area contributed by atoms with Crippen LogP contribution >= 0.6 is 0 Å². The van der Waals surface area contributed by atoms with Gasteiger partial charge in [-0.2, -0.15) is 0 Å². The molecule has 2 rings (SSSR count). The molecule has 0 aromatic heterocycles. The molecule has 3 heteroatoms. The molecule has 1 fully saturated rings. The molecule has 1 saturated heterocycles. The first-order chi connectivity index (χ1) is 8.69. The van der Waals surface area contributed by atoms with Crippen molar-refractivity contribution in [1.82, 2.24) is 4.90 Å². The Morgan fingerprint density at radius 3 is 2.56 bits per heavy atom. The molecular formula is C15H24N2O. The van der Waals surface area contributed by atoms with Crippen LogP contribution < -0.4 is 4.90 Å². The summed E-state index contributed by atoms with van der Waals surface area (Å²) in [6.45, 7) is 9.91. The number of rotatable bonds is 4. The van der Waals surface area contributed by atoms with Crippen LogP contribution in [0.1, 0.15) is 12.5 Å². The highest BCUT2D eigenvalue weighted by Crippen LogP contribution is 2.18. The van der Waals surface area contributed by atoms with E-state index in [1.54, 1.807) is 0 Å². The second-order valence-electron chi connectivity index (χ2n) is 5.41. The topological polar surface area (TPSA) is 26.7 Å². The van der Waals surface area contributed by atoms with Crippen LogP contribution in [-0.4, -0.2) is 49.3 Å². The van der Waals surface area contributed by atoms with Crippen molar-refractivity contribution < 1.29 is 5.11 Å². The van der Waals surface area contributed by atoms with Gasteiger partial charge in [-0.25, -0.2) is 0 Å². The second kappa shape index (κ2) is 6.21. The summed E-state index contributed by atoms with van der Waals surface area (Å²) in [7, 11) is 0. The predicted octanol–water partition coefficient (Wildman–Crippen LogP) is 1.75. The summed E-state index contributed by atoms with van der Waals surface area (Å²) in [5.41, 5.74) is 2.66. The lowest BCUT2D eigenvalue weighted by Crippen LogP contribution is -2.47. The van der Waals surface area contributed by atoms with Crippen LogP contribution in [0.5, 0.6) is 0 Å². The first kappa shape index (κ1) is 13.4. The largest absolute Gasteiger partial charge is 0.396 e. The van der Waals surface area contributed by atoms with E-state index in [0.717, 1.165) is 32.7 Å². The summed E-state index contributed by atoms with van der Waals surface area (Å²) >= 11 is 0. The Morgan fingerprint density at radius 1 is 1.22 bits per heavy atom. The van der Waals surface area contributed by atoms with Gasteiger partial charge in [0, 0.05) is 45.0 Å². The average Bonchev–Trinajstić information content (AvgIpc) is 2.39. The summed E-state index contributed by atoms with van der Waals surface area (Å²) in [6, 6.07) is 8.72. The van der Waals surface area contributed by atoms with Gasteiger partial charge in [-0.05, 0) is 30.5 Å². The highest BCUT2D eigenvalue weighted by molar-refractivity contribution is 5.48. The van der Waals surface area contributed by atoms with Gasteiger partial charge in [0.25, 0.3) is 0 Å². The number of piperazine rings is 1. The van der Waals surface area contributed by atoms with E-state index in [9.17, 15) is 0 Å². The van der Waals surface area contributed by atoms with Crippen LogP contribution in [0, 0.1) is 12.8 Å². The lowest BCUT2D eigenvalue weighted by Gasteiger charge is -2.37. The van der Waals surface area contributed by atoms with Crippen LogP contribution in [0.2, 0.25) is 0 Å². The normalized spacial score (nSPS) is 18.9. The van der Waals surface area contributed by atoms with Crippen molar-refractivity contribution >= 4 is 5.69 Å². The first-order valence-corrected chi connectivity index (χ1v) is 6.84. The lowest BCUT2D eigenvalue weighted by atomic mass is 10.1. The molecule has 1 atom stereocenters. The summed E-state index contributed by atoms with van der Waals surface area (Å²) in [4.78, 5) is 4.90. The third-order valence-electron chi connectivity index (χ3n) is 3.62. The van der Waals surface area contributed by atoms with E-state index in [2.05, 4.69) is 47.9 Å². The van der Waals surface area contributed by atoms with Crippen LogP contribution in [0.4, 0.5) is 5.69 Å². The third kappa shape index (κ3) is 3.47. The molecule has 0 aliphatic carbocycles. The summed E-state index contributed by atoms with van der Waals surface area (Å²) in [5.74, 6) is 0.385. The van der Waals surface area contributed by atoms with Gasteiger partial charge in [-0.1, -0.05) is 19.1 Å². The van der Waals surface area contributed by atoms with Crippen molar-refractivity contribution in [2.24, 2.45) is 5.92 Å². The van der Waals surface area contributed by atoms with E-state index in [4.69, 9.17) is 5.11 Å². The second-order valence-corrected chi connectivity index (χ2v) is 5.41. The van der Waals surface area contributed by atoms with Gasteiger partial charge >= 0.3 is 0 Å². The molecule has 3 nitrogen and oxygen atoms in total. The van der Waals surface area contributed by atoms with Gasteiger partial charge in [0.2, 0.25) is 0 Å². The fraction of sp³-hybridized carbons (Fsp3) is 0.600. The number of aliphatic hydroxyl groups excluding tert-OH is 1. The van der Waals surface area contributed by atoms with Gasteiger partial charge in [0.05, 0.1) is 0 Å². The van der Waals surface area contributed by atoms with E-state index in [1.165, 1.54) is 11.3 Å². The smallest absolute Gasteiger partial charge is 0.0468 e. The van der Waals surface area contributed by atoms with Crippen molar-refractivity contribution in [3.63, 3.8) is 0 Å². The van der Waals surface area contributed by atoms with E-state index < -0.39 is 0 Å². The third-order valence-corrected chi connectivity index (χ3v) is 3.62. The minimum Gasteiger partial charge on any atom is -0.396 e. The van der Waals surface area contributed by atoms with E-state index >= 15 is 0 Å². The maximum absolute atomic E-state index is 9.09. The molecule has 1 aromatic rings. The molecule has 1 N–H and O–H groups in total. The molecule has 100 valence electrons. The molecule has 0 spiro atoms. The van der Waals surface area contributed by atoms with Gasteiger partial charge < -0.3 is 10.0 Å². The first-order valence-electron chi connectivity index (χ1n) is 6.84. The molecule has 0 saturated carbocycles. The molecular weight excluding hydrogens is 224 g/mol. The summed E-state index contributed by atoms with van der Waals surface area (Å²) in [5, 5.41) is 9.09. The zero-order chi connectivity index (χ0) is 13.0. The fourth-order valence-electron chi connectivity index (χ4n) is 2.51. The Balaban J connectivity index is 1.87. The van der Waals surface area contributed by atoms with E-state index in [1.807, 2.05) is 0 Å². The lowest BCUT2D eigenvalue weighted by molar-refractivity contribution is 0.167. The Kier molecular flexibility index (Phi) is 4.61. The van der Waals surface area contributed by atoms with Crippen LogP contribution in [0.25, 0.3) is 0 Å². The maximum atomic E-state index is 9.09. The maximum Gasteiger partial charge on any atom is 0.0468 e.